The molecule has 0 unspecified atom stereocenters. The molecule has 0 heterocycles. The average molecular weight is 209 g/mol. The van der Waals surface area contributed by atoms with Crippen LogP contribution in [0.1, 0.15) is 5.56 Å². The van der Waals surface area contributed by atoms with E-state index in [2.05, 4.69) is 5.92 Å². The number of nitrogens with zero attached hydrogens (tertiary/aromatic N) is 1. The van der Waals surface area contributed by atoms with Crippen LogP contribution in [0.2, 0.25) is 0 Å². The van der Waals surface area contributed by atoms with E-state index in [1.807, 2.05) is 5.92 Å². The van der Waals surface area contributed by atoms with Gasteiger partial charge in [-0.1, -0.05) is 5.92 Å². The fourth-order valence-electron chi connectivity index (χ4n) is 0.909. The number of nitro benzene ring substituents is 1. The summed E-state index contributed by atoms with van der Waals surface area (Å²) in [6, 6.07) is 1.69. The highest BCUT2D eigenvalue weighted by atomic mass is 19.1. The first-order chi connectivity index (χ1) is 7.06. The largest absolute Gasteiger partial charge is 0.500 e. The smallest absolute Gasteiger partial charge is 0.315 e. The highest BCUT2D eigenvalue weighted by Crippen LogP contribution is 2.29. The topological polar surface area (TPSA) is 80.4 Å². The molecule has 0 aromatic heterocycles. The predicted molar refractivity (Wildman–Crippen MR) is 47.7 cm³/mol. The van der Waals surface area contributed by atoms with Gasteiger partial charge in [-0.15, -0.1) is 0 Å². The molecule has 1 aromatic carbocycles. The van der Waals surface area contributed by atoms with Crippen molar-refractivity contribution in [3.63, 3.8) is 0 Å². The third-order valence-electron chi connectivity index (χ3n) is 1.52. The molecule has 0 aliphatic carbocycles. The summed E-state index contributed by atoms with van der Waals surface area (Å²) in [6.07, 6.45) is 0.274. The summed E-state index contributed by atoms with van der Waals surface area (Å²) >= 11 is 0. The van der Waals surface area contributed by atoms with Crippen LogP contribution in [0.15, 0.2) is 12.1 Å². The molecule has 0 amide bonds. The van der Waals surface area contributed by atoms with Gasteiger partial charge in [-0.25, -0.2) is 4.39 Å². The van der Waals surface area contributed by atoms with E-state index in [0.29, 0.717) is 0 Å². The lowest BCUT2D eigenvalue weighted by Gasteiger charge is -1.98. The van der Waals surface area contributed by atoms with E-state index >= 15 is 0 Å². The third kappa shape index (κ3) is 2.28. The lowest BCUT2D eigenvalue weighted by Crippen LogP contribution is -1.92. The van der Waals surface area contributed by atoms with Gasteiger partial charge in [-0.3, -0.25) is 14.9 Å². The molecule has 0 saturated heterocycles. The first-order valence-corrected chi connectivity index (χ1v) is 3.68. The zero-order valence-corrected chi connectivity index (χ0v) is 7.23. The quantitative estimate of drug-likeness (QED) is 0.323. The number of aldehydes is 1. The number of carbonyl (C=O) groups excluding carboxylic acids is 1. The van der Waals surface area contributed by atoms with Gasteiger partial charge in [0.1, 0.15) is 0 Å². The molecule has 0 fully saturated rings. The van der Waals surface area contributed by atoms with E-state index < -0.39 is 22.2 Å². The van der Waals surface area contributed by atoms with E-state index in [0.717, 1.165) is 12.1 Å². The zero-order chi connectivity index (χ0) is 11.4. The monoisotopic (exact) mass is 209 g/mol. The number of hydrogen-bond acceptors (Lipinski definition) is 4. The second-order valence-electron chi connectivity index (χ2n) is 2.47. The van der Waals surface area contributed by atoms with E-state index in [1.54, 1.807) is 0 Å². The Balaban J connectivity index is 3.35. The van der Waals surface area contributed by atoms with Crippen LogP contribution in [-0.4, -0.2) is 16.3 Å². The fraction of sp³-hybridized carbons (Fsp3) is 0. The predicted octanol–water partition coefficient (Wildman–Crippen LogP) is 0.990. The van der Waals surface area contributed by atoms with Gasteiger partial charge in [0.2, 0.25) is 5.75 Å². The van der Waals surface area contributed by atoms with Crippen molar-refractivity contribution in [3.05, 3.63) is 33.6 Å². The summed E-state index contributed by atoms with van der Waals surface area (Å²) in [4.78, 5) is 19.3. The van der Waals surface area contributed by atoms with Gasteiger partial charge >= 0.3 is 5.69 Å². The normalized spacial score (nSPS) is 8.87. The second kappa shape index (κ2) is 4.19. The van der Waals surface area contributed by atoms with Crippen molar-refractivity contribution >= 4 is 12.0 Å². The number of hydrogen-bond donors (Lipinski definition) is 1. The molecule has 0 saturated carbocycles. The molecular formula is C9H4FNO4. The minimum atomic E-state index is -1.15. The number of rotatable bonds is 1. The van der Waals surface area contributed by atoms with Crippen molar-refractivity contribution in [1.29, 1.82) is 0 Å². The fourth-order valence-corrected chi connectivity index (χ4v) is 0.909. The van der Waals surface area contributed by atoms with E-state index in [4.69, 9.17) is 5.11 Å². The van der Waals surface area contributed by atoms with Gasteiger partial charge in [-0.2, -0.15) is 0 Å². The Hall–Kier alpha value is -2.42. The molecule has 0 spiro atoms. The van der Waals surface area contributed by atoms with Gasteiger partial charge in [-0.05, 0) is 12.0 Å². The van der Waals surface area contributed by atoms with Crippen LogP contribution in [0.25, 0.3) is 0 Å². The maximum atomic E-state index is 12.9. The molecule has 1 aromatic rings. The van der Waals surface area contributed by atoms with Gasteiger partial charge in [0.25, 0.3) is 0 Å². The molecule has 0 radical (unpaired) electrons. The van der Waals surface area contributed by atoms with Crippen molar-refractivity contribution in [3.8, 4) is 17.6 Å². The summed E-state index contributed by atoms with van der Waals surface area (Å²) in [7, 11) is 0. The standard InChI is InChI=1S/C9H4FNO4/c10-7-4-6(2-1-3-12)5-8(9(7)13)11(14)15/h3-5,13H. The van der Waals surface area contributed by atoms with Crippen LogP contribution in [0.5, 0.6) is 5.75 Å². The van der Waals surface area contributed by atoms with Crippen molar-refractivity contribution < 1.29 is 19.2 Å². The Morgan fingerprint density at radius 2 is 2.20 bits per heavy atom. The maximum Gasteiger partial charge on any atom is 0.315 e. The number of nitro groups is 1. The molecular weight excluding hydrogens is 205 g/mol. The minimum Gasteiger partial charge on any atom is -0.500 e. The van der Waals surface area contributed by atoms with Crippen LogP contribution in [0.4, 0.5) is 10.1 Å². The van der Waals surface area contributed by atoms with Gasteiger partial charge in [0.05, 0.1) is 4.92 Å². The summed E-state index contributed by atoms with van der Waals surface area (Å²) in [5, 5.41) is 19.3. The van der Waals surface area contributed by atoms with Gasteiger partial charge in [0.15, 0.2) is 12.1 Å². The molecule has 76 valence electrons. The third-order valence-corrected chi connectivity index (χ3v) is 1.52. The van der Waals surface area contributed by atoms with E-state index in [1.165, 1.54) is 0 Å². The Morgan fingerprint density at radius 1 is 1.53 bits per heavy atom. The number of carbonyl (C=O) groups is 1. The lowest BCUT2D eigenvalue weighted by atomic mass is 10.2. The Morgan fingerprint density at radius 3 is 2.73 bits per heavy atom. The van der Waals surface area contributed by atoms with Gasteiger partial charge in [0, 0.05) is 11.6 Å². The summed E-state index contributed by atoms with van der Waals surface area (Å²) < 4.78 is 12.9. The maximum absolute atomic E-state index is 12.9. The average Bonchev–Trinajstić information content (AvgIpc) is 2.19. The summed E-state index contributed by atoms with van der Waals surface area (Å²) in [6.45, 7) is 0. The molecule has 15 heavy (non-hydrogen) atoms. The Bertz CT molecular complexity index is 487. The molecule has 1 N–H and O–H groups in total. The van der Waals surface area contributed by atoms with E-state index in [9.17, 15) is 19.3 Å². The number of halogens is 1. The first kappa shape index (κ1) is 10.7. The highest BCUT2D eigenvalue weighted by molar-refractivity contribution is 5.74. The summed E-state index contributed by atoms with van der Waals surface area (Å²) in [5.41, 5.74) is -0.839. The van der Waals surface area contributed by atoms with Crippen molar-refractivity contribution in [2.75, 3.05) is 0 Å². The van der Waals surface area contributed by atoms with Crippen LogP contribution in [0, 0.1) is 27.8 Å². The van der Waals surface area contributed by atoms with Crippen molar-refractivity contribution in [2.45, 2.75) is 0 Å². The Kier molecular flexibility index (Phi) is 2.98. The molecule has 0 bridgehead atoms. The van der Waals surface area contributed by atoms with Crippen LogP contribution >= 0.6 is 0 Å². The highest BCUT2D eigenvalue weighted by Gasteiger charge is 2.18. The number of phenols is 1. The minimum absolute atomic E-state index is 0.0518. The van der Waals surface area contributed by atoms with Crippen LogP contribution < -0.4 is 0 Å². The first-order valence-electron chi connectivity index (χ1n) is 3.68. The molecule has 5 nitrogen and oxygen atoms in total. The molecule has 0 aliphatic heterocycles. The molecule has 1 rings (SSSR count). The lowest BCUT2D eigenvalue weighted by molar-refractivity contribution is -0.386. The van der Waals surface area contributed by atoms with E-state index in [-0.39, 0.29) is 11.8 Å². The van der Waals surface area contributed by atoms with Crippen molar-refractivity contribution in [1.82, 2.24) is 0 Å². The zero-order valence-electron chi connectivity index (χ0n) is 7.23. The number of benzene rings is 1. The molecule has 0 aliphatic rings. The summed E-state index contributed by atoms with van der Waals surface area (Å²) in [5.74, 6) is 1.96. The van der Waals surface area contributed by atoms with Crippen LogP contribution in [-0.2, 0) is 4.79 Å². The number of phenolic OH excluding ortho intramolecular Hbond substituents is 1. The Labute approximate surface area is 83.3 Å². The second-order valence-corrected chi connectivity index (χ2v) is 2.47. The van der Waals surface area contributed by atoms with Gasteiger partial charge < -0.3 is 5.11 Å². The molecule has 0 atom stereocenters. The number of aromatic hydroxyl groups is 1. The molecule has 6 heteroatoms. The van der Waals surface area contributed by atoms with Crippen molar-refractivity contribution in [2.24, 2.45) is 0 Å². The SMILES string of the molecule is O=CC#Cc1cc(F)c(O)c([N+](=O)[O-])c1. The van der Waals surface area contributed by atoms with Crippen LogP contribution in [0.3, 0.4) is 0 Å².